The molecule has 1 aliphatic heterocycles. The van der Waals surface area contributed by atoms with Crippen molar-refractivity contribution in [1.82, 2.24) is 19.5 Å². The quantitative estimate of drug-likeness (QED) is 0.227. The Morgan fingerprint density at radius 1 is 1.28 bits per heavy atom. The van der Waals surface area contributed by atoms with E-state index in [1.807, 2.05) is 0 Å². The van der Waals surface area contributed by atoms with Crippen LogP contribution in [0.1, 0.15) is 26.0 Å². The molecule has 8 N–H and O–H groups in total. The van der Waals surface area contributed by atoms with Crippen molar-refractivity contribution < 1.29 is 47.6 Å². The molecule has 2 unspecified atom stereocenters. The molecule has 3 heterocycles. The third-order valence-electron chi connectivity index (χ3n) is 5.67. The number of hydrogen-bond donors (Lipinski definition) is 7. The van der Waals surface area contributed by atoms with E-state index in [1.54, 1.807) is 0 Å². The lowest BCUT2D eigenvalue weighted by molar-refractivity contribution is -0.155. The van der Waals surface area contributed by atoms with Gasteiger partial charge in [-0.2, -0.15) is 14.3 Å². The molecule has 2 aromatic rings. The highest BCUT2D eigenvalue weighted by molar-refractivity contribution is 7.60. The maximum Gasteiger partial charge on any atom is 0.481 e. The summed E-state index contributed by atoms with van der Waals surface area (Å²) in [4.78, 5) is 39.5. The average molecular weight is 494 g/mol. The van der Waals surface area contributed by atoms with Crippen molar-refractivity contribution in [2.75, 3.05) is 11.1 Å². The first kappa shape index (κ1) is 22.1. The largest absolute Gasteiger partial charge is 0.481 e. The zero-order valence-corrected chi connectivity index (χ0v) is 18.1. The molecule has 0 aromatic carbocycles. The summed E-state index contributed by atoms with van der Waals surface area (Å²) < 4.78 is 38.0. The molecule has 1 saturated heterocycles. The molecular weight excluding hydrogens is 474 g/mol. The Kier molecular flexibility index (Phi) is 4.61. The van der Waals surface area contributed by atoms with Gasteiger partial charge in [0, 0.05) is 6.04 Å². The number of imidazole rings is 1. The minimum Gasteiger partial charge on any atom is -0.382 e. The highest BCUT2D eigenvalue weighted by Crippen LogP contribution is 2.67. The summed E-state index contributed by atoms with van der Waals surface area (Å²) in [6.07, 6.45) is -0.909. The Morgan fingerprint density at radius 3 is 2.53 bits per heavy atom. The van der Waals surface area contributed by atoms with E-state index in [2.05, 4.69) is 29.1 Å². The first-order chi connectivity index (χ1) is 14.7. The summed E-state index contributed by atoms with van der Waals surface area (Å²) in [6.45, 7) is 1.20. The lowest BCUT2D eigenvalue weighted by Crippen LogP contribution is -2.48. The fraction of sp³-hybridized carbons (Fsp3) is 0.643. The molecule has 0 radical (unpaired) electrons. The van der Waals surface area contributed by atoms with Gasteiger partial charge in [-0.05, 0) is 19.8 Å². The van der Waals surface area contributed by atoms with Crippen molar-refractivity contribution in [3.05, 3.63) is 6.33 Å². The fourth-order valence-electron chi connectivity index (χ4n) is 3.93. The highest BCUT2D eigenvalue weighted by Gasteiger charge is 2.84. The van der Waals surface area contributed by atoms with Crippen molar-refractivity contribution in [3.63, 3.8) is 0 Å². The van der Waals surface area contributed by atoms with Crippen LogP contribution >= 0.6 is 15.6 Å². The van der Waals surface area contributed by atoms with Crippen molar-refractivity contribution in [2.24, 2.45) is 0 Å². The van der Waals surface area contributed by atoms with Crippen molar-refractivity contribution >= 4 is 38.6 Å². The SMILES string of the molecule is C[C@]1(O)[C@H](n2cnc3c(NC4CC4)nc(N)nc32)O[C@@H]2C(OP(=O)(O)OP(=O)(O)O)[C@@]21O. The van der Waals surface area contributed by atoms with Crippen molar-refractivity contribution in [3.8, 4) is 0 Å². The van der Waals surface area contributed by atoms with Crippen LogP contribution in [0.4, 0.5) is 11.8 Å². The molecular formula is C14H20N6O10P2. The van der Waals surface area contributed by atoms with Gasteiger partial charge in [0.2, 0.25) is 5.95 Å². The van der Waals surface area contributed by atoms with Crippen LogP contribution in [0.25, 0.3) is 11.2 Å². The summed E-state index contributed by atoms with van der Waals surface area (Å²) in [7, 11) is -10.6. The number of anilines is 2. The van der Waals surface area contributed by atoms with Crippen LogP contribution in [-0.2, 0) is 22.7 Å². The molecule has 3 aliphatic rings. The number of aromatic nitrogens is 4. The third kappa shape index (κ3) is 3.44. The molecule has 0 amide bonds. The summed E-state index contributed by atoms with van der Waals surface area (Å²) in [6, 6.07) is 0.249. The average Bonchev–Trinajstić information content (AvgIpc) is 3.46. The number of phosphoric ester groups is 1. The van der Waals surface area contributed by atoms with E-state index in [1.165, 1.54) is 17.8 Å². The molecule has 3 fully saturated rings. The monoisotopic (exact) mass is 494 g/mol. The molecule has 2 aromatic heterocycles. The number of fused-ring (bicyclic) bond motifs is 2. The standard InChI is InChI=1S/C14H20N6O10P2/c1-13(21)11(28-7-8(14(7,13)22)29-32(26,27)30-31(23,24)25)20-4-16-6-9(17-5-2-3-5)18-12(15)19-10(6)20/h4-5,7-8,11,21-22H,2-3H2,1H3,(H,26,27)(H2,23,24,25)(H3,15,17,18,19)/t7-,8?,11-,13+,14+/m1/s1. The molecule has 0 bridgehead atoms. The molecule has 6 atom stereocenters. The Balaban J connectivity index is 1.42. The second-order valence-electron chi connectivity index (χ2n) is 8.12. The molecule has 2 aliphatic carbocycles. The van der Waals surface area contributed by atoms with Crippen LogP contribution in [0.2, 0.25) is 0 Å². The Hall–Kier alpha value is -1.71. The zero-order valence-electron chi connectivity index (χ0n) is 16.3. The smallest absolute Gasteiger partial charge is 0.382 e. The van der Waals surface area contributed by atoms with Crippen LogP contribution in [0.5, 0.6) is 0 Å². The maximum atomic E-state index is 11.8. The predicted molar refractivity (Wildman–Crippen MR) is 104 cm³/mol. The van der Waals surface area contributed by atoms with E-state index in [4.69, 9.17) is 20.3 Å². The molecule has 16 nitrogen and oxygen atoms in total. The van der Waals surface area contributed by atoms with Crippen LogP contribution in [0.15, 0.2) is 6.33 Å². The predicted octanol–water partition coefficient (Wildman–Crippen LogP) is -1.03. The van der Waals surface area contributed by atoms with Gasteiger partial charge in [-0.3, -0.25) is 9.09 Å². The molecule has 5 rings (SSSR count). The van der Waals surface area contributed by atoms with Crippen molar-refractivity contribution in [1.29, 1.82) is 0 Å². The van der Waals surface area contributed by atoms with Gasteiger partial charge in [-0.15, -0.1) is 0 Å². The maximum absolute atomic E-state index is 11.8. The number of ether oxygens (including phenoxy) is 1. The number of aliphatic hydroxyl groups is 2. The fourth-order valence-corrected chi connectivity index (χ4v) is 5.72. The number of hydrogen-bond acceptors (Lipinski definition) is 12. The molecule has 0 spiro atoms. The number of rotatable bonds is 7. The minimum absolute atomic E-state index is 0.0547. The lowest BCUT2D eigenvalue weighted by atomic mass is 9.95. The summed E-state index contributed by atoms with van der Waals surface area (Å²) >= 11 is 0. The van der Waals surface area contributed by atoms with Gasteiger partial charge in [0.05, 0.1) is 6.33 Å². The topological polar surface area (TPSA) is 245 Å². The van der Waals surface area contributed by atoms with Crippen molar-refractivity contribution in [2.45, 2.75) is 55.4 Å². The van der Waals surface area contributed by atoms with Gasteiger partial charge >= 0.3 is 15.6 Å². The second kappa shape index (κ2) is 6.67. The molecule has 18 heteroatoms. The van der Waals surface area contributed by atoms with Gasteiger partial charge in [0.25, 0.3) is 0 Å². The van der Waals surface area contributed by atoms with Crippen LogP contribution < -0.4 is 11.1 Å². The van der Waals surface area contributed by atoms with Crippen LogP contribution in [-0.4, -0.2) is 73.9 Å². The van der Waals surface area contributed by atoms with Crippen LogP contribution in [0.3, 0.4) is 0 Å². The second-order valence-corrected chi connectivity index (χ2v) is 10.9. The number of nitrogen functional groups attached to an aromatic ring is 1. The number of nitrogens with two attached hydrogens (primary N) is 1. The summed E-state index contributed by atoms with van der Waals surface area (Å²) in [5.41, 5.74) is 2.08. The van der Waals surface area contributed by atoms with Gasteiger partial charge < -0.3 is 40.7 Å². The van der Waals surface area contributed by atoms with Gasteiger partial charge in [0.15, 0.2) is 28.8 Å². The summed E-state index contributed by atoms with van der Waals surface area (Å²) in [5.74, 6) is 0.355. The van der Waals surface area contributed by atoms with E-state index < -0.39 is 45.3 Å². The summed E-state index contributed by atoms with van der Waals surface area (Å²) in [5, 5.41) is 25.2. The van der Waals surface area contributed by atoms with Gasteiger partial charge in [-0.1, -0.05) is 0 Å². The lowest BCUT2D eigenvalue weighted by Gasteiger charge is -2.33. The normalized spacial score (nSPS) is 36.1. The minimum atomic E-state index is -5.36. The Labute approximate surface area is 179 Å². The number of nitrogens with zero attached hydrogens (tertiary/aromatic N) is 4. The van der Waals surface area contributed by atoms with Gasteiger partial charge in [-0.25, -0.2) is 14.1 Å². The van der Waals surface area contributed by atoms with E-state index in [-0.39, 0.29) is 17.6 Å². The van der Waals surface area contributed by atoms with E-state index >= 15 is 0 Å². The molecule has 2 saturated carbocycles. The number of phosphoric acid groups is 2. The van der Waals surface area contributed by atoms with Gasteiger partial charge in [0.1, 0.15) is 17.8 Å². The van der Waals surface area contributed by atoms with E-state index in [0.717, 1.165) is 12.8 Å². The Morgan fingerprint density at radius 2 is 1.97 bits per heavy atom. The first-order valence-corrected chi connectivity index (χ1v) is 12.4. The first-order valence-electron chi connectivity index (χ1n) is 9.38. The van der Waals surface area contributed by atoms with Crippen LogP contribution in [0, 0.1) is 0 Å². The molecule has 32 heavy (non-hydrogen) atoms. The van der Waals surface area contributed by atoms with E-state index in [0.29, 0.717) is 11.3 Å². The molecule has 176 valence electrons. The zero-order chi connectivity index (χ0) is 23.3. The number of nitrogens with one attached hydrogen (secondary N) is 1. The highest BCUT2D eigenvalue weighted by atomic mass is 31.3. The third-order valence-corrected chi connectivity index (χ3v) is 7.84. The van der Waals surface area contributed by atoms with E-state index in [9.17, 15) is 24.2 Å². The Bertz CT molecular complexity index is 1200.